The Morgan fingerprint density at radius 3 is 2.30 bits per heavy atom. The highest BCUT2D eigenvalue weighted by Crippen LogP contribution is 2.22. The lowest BCUT2D eigenvalue weighted by molar-refractivity contribution is -0.123. The number of rotatable bonds is 6. The zero-order valence-corrected chi connectivity index (χ0v) is 18.3. The molecule has 0 spiro atoms. The summed E-state index contributed by atoms with van der Waals surface area (Å²) in [4.78, 5) is 35.1. The molecule has 1 aliphatic rings. The molecule has 2 heterocycles. The number of hydrogen-bond acceptors (Lipinski definition) is 6. The van der Waals surface area contributed by atoms with Gasteiger partial charge in [0.15, 0.2) is 5.84 Å². The second-order valence-electron chi connectivity index (χ2n) is 7.03. The second kappa shape index (κ2) is 9.15. The first-order valence-corrected chi connectivity index (χ1v) is 11.3. The summed E-state index contributed by atoms with van der Waals surface area (Å²) in [5.74, 6) is -0.776. The zero-order chi connectivity index (χ0) is 23.4. The van der Waals surface area contributed by atoms with Crippen LogP contribution in [0, 0.1) is 0 Å². The number of amides is 2. The van der Waals surface area contributed by atoms with Crippen molar-refractivity contribution in [3.63, 3.8) is 0 Å². The van der Waals surface area contributed by atoms with Crippen molar-refractivity contribution in [2.24, 2.45) is 4.99 Å². The maximum absolute atomic E-state index is 13.1. The third kappa shape index (κ3) is 5.03. The highest BCUT2D eigenvalue weighted by molar-refractivity contribution is 7.89. The number of aromatic nitrogens is 1. The van der Waals surface area contributed by atoms with Gasteiger partial charge in [-0.2, -0.15) is 0 Å². The van der Waals surface area contributed by atoms with Crippen molar-refractivity contribution >= 4 is 39.4 Å². The zero-order valence-electron chi connectivity index (χ0n) is 17.5. The van der Waals surface area contributed by atoms with Crippen LogP contribution in [0.4, 0.5) is 5.69 Å². The lowest BCUT2D eigenvalue weighted by atomic mass is 10.2. The number of sulfonamides is 1. The number of carbonyl (C=O) groups excluding carboxylic acids is 2. The summed E-state index contributed by atoms with van der Waals surface area (Å²) in [6.45, 7) is 1.35. The molecule has 1 aliphatic heterocycles. The van der Waals surface area contributed by atoms with Crippen LogP contribution in [-0.2, 0) is 19.6 Å². The summed E-state index contributed by atoms with van der Waals surface area (Å²) in [5.41, 5.74) is 1.55. The number of nitrogens with zero attached hydrogens (tertiary/aromatic N) is 3. The molecule has 2 amide bonds. The van der Waals surface area contributed by atoms with Crippen molar-refractivity contribution in [2.45, 2.75) is 11.8 Å². The van der Waals surface area contributed by atoms with E-state index in [0.717, 1.165) is 5.01 Å². The Kier molecular flexibility index (Phi) is 6.11. The Morgan fingerprint density at radius 1 is 0.970 bits per heavy atom. The van der Waals surface area contributed by atoms with Crippen molar-refractivity contribution in [1.82, 2.24) is 14.8 Å². The van der Waals surface area contributed by atoms with Gasteiger partial charge in [-0.05, 0) is 42.5 Å². The molecule has 1 aromatic heterocycles. The van der Waals surface area contributed by atoms with Crippen LogP contribution in [0.15, 0.2) is 94.6 Å². The molecule has 0 saturated carbocycles. The lowest BCUT2D eigenvalue weighted by Crippen LogP contribution is -2.47. The van der Waals surface area contributed by atoms with Crippen LogP contribution in [0.2, 0.25) is 0 Å². The van der Waals surface area contributed by atoms with Gasteiger partial charge in [0.2, 0.25) is 5.91 Å². The van der Waals surface area contributed by atoms with Crippen LogP contribution in [0.1, 0.15) is 18.2 Å². The lowest BCUT2D eigenvalue weighted by Gasteiger charge is -2.19. The minimum atomic E-state index is -4.14. The van der Waals surface area contributed by atoms with Gasteiger partial charge >= 0.3 is 0 Å². The number of amidine groups is 1. The van der Waals surface area contributed by atoms with E-state index in [-0.39, 0.29) is 22.3 Å². The Bertz CT molecular complexity index is 1350. The fourth-order valence-electron chi connectivity index (χ4n) is 3.08. The summed E-state index contributed by atoms with van der Waals surface area (Å²) >= 11 is 0. The third-order valence-corrected chi connectivity index (χ3v) is 5.88. The molecule has 0 unspecified atom stereocenters. The van der Waals surface area contributed by atoms with Gasteiger partial charge in [0, 0.05) is 24.4 Å². The molecule has 166 valence electrons. The maximum atomic E-state index is 13.1. The largest absolute Gasteiger partial charge is 0.326 e. The molecular weight excluding hydrogens is 442 g/mol. The van der Waals surface area contributed by atoms with E-state index in [0.29, 0.717) is 16.9 Å². The first-order chi connectivity index (χ1) is 15.8. The highest BCUT2D eigenvalue weighted by atomic mass is 32.2. The fraction of sp³-hybridized carbons (Fsp3) is 0.0435. The summed E-state index contributed by atoms with van der Waals surface area (Å²) < 4.78 is 26.1. The van der Waals surface area contributed by atoms with Gasteiger partial charge < -0.3 is 5.32 Å². The fourth-order valence-corrected chi connectivity index (χ4v) is 4.09. The Morgan fingerprint density at radius 2 is 1.67 bits per heavy atom. The van der Waals surface area contributed by atoms with Crippen LogP contribution in [0.25, 0.3) is 6.08 Å². The molecule has 0 aliphatic carbocycles. The topological polar surface area (TPSA) is 121 Å². The number of benzene rings is 2. The van der Waals surface area contributed by atoms with E-state index in [1.807, 2.05) is 0 Å². The average molecular weight is 462 g/mol. The van der Waals surface area contributed by atoms with Crippen molar-refractivity contribution in [1.29, 1.82) is 0 Å². The number of carbonyl (C=O) groups is 2. The first-order valence-electron chi connectivity index (χ1n) is 9.85. The van der Waals surface area contributed by atoms with E-state index in [9.17, 15) is 18.0 Å². The summed E-state index contributed by atoms with van der Waals surface area (Å²) in [6.07, 6.45) is 3.07. The molecule has 4 rings (SSSR count). The number of anilines is 1. The number of hydrogen-bond donors (Lipinski definition) is 2. The van der Waals surface area contributed by atoms with Crippen molar-refractivity contribution in [3.05, 3.63) is 95.9 Å². The minimum absolute atomic E-state index is 0.0382. The summed E-state index contributed by atoms with van der Waals surface area (Å²) in [7, 11) is -4.14. The van der Waals surface area contributed by atoms with E-state index in [4.69, 9.17) is 0 Å². The van der Waals surface area contributed by atoms with Crippen molar-refractivity contribution in [3.8, 4) is 0 Å². The number of hydrazine groups is 1. The van der Waals surface area contributed by atoms with Crippen molar-refractivity contribution in [2.75, 3.05) is 5.32 Å². The quantitative estimate of drug-likeness (QED) is 0.547. The molecule has 33 heavy (non-hydrogen) atoms. The molecule has 0 atom stereocenters. The normalized spacial score (nSPS) is 14.9. The van der Waals surface area contributed by atoms with Gasteiger partial charge in [-0.1, -0.05) is 36.4 Å². The molecular formula is C23H19N5O4S. The minimum Gasteiger partial charge on any atom is -0.326 e. The molecule has 10 heteroatoms. The Hall–Kier alpha value is -4.15. The Balaban J connectivity index is 1.67. The molecule has 9 nitrogen and oxygen atoms in total. The molecule has 0 bridgehead atoms. The van der Waals surface area contributed by atoms with E-state index in [1.165, 1.54) is 37.3 Å². The maximum Gasteiger partial charge on any atom is 0.293 e. The second-order valence-corrected chi connectivity index (χ2v) is 8.69. The number of aliphatic imine (C=N–C) groups is 1. The average Bonchev–Trinajstić information content (AvgIpc) is 3.10. The highest BCUT2D eigenvalue weighted by Gasteiger charge is 2.35. The molecule has 2 N–H and O–H groups in total. The predicted molar refractivity (Wildman–Crippen MR) is 123 cm³/mol. The predicted octanol–water partition coefficient (Wildman–Crippen LogP) is 2.56. The van der Waals surface area contributed by atoms with Gasteiger partial charge in [0.05, 0.1) is 10.6 Å². The molecule has 3 aromatic rings. The molecule has 0 fully saturated rings. The molecule has 0 radical (unpaired) electrons. The van der Waals surface area contributed by atoms with Gasteiger partial charge in [0.25, 0.3) is 15.9 Å². The summed E-state index contributed by atoms with van der Waals surface area (Å²) in [5, 5.41) is 3.47. The number of nitrogens with one attached hydrogen (secondary N) is 2. The van der Waals surface area contributed by atoms with Gasteiger partial charge in [-0.3, -0.25) is 14.6 Å². The van der Waals surface area contributed by atoms with Crippen molar-refractivity contribution < 1.29 is 18.0 Å². The number of pyridine rings is 1. The van der Waals surface area contributed by atoms with Gasteiger partial charge in [0.1, 0.15) is 5.70 Å². The third-order valence-electron chi connectivity index (χ3n) is 4.56. The monoisotopic (exact) mass is 461 g/mol. The van der Waals surface area contributed by atoms with Crippen LogP contribution >= 0.6 is 0 Å². The standard InChI is InChI=1S/C23H19N5O4S/c1-16(29)25-18-10-12-20(13-11-18)33(31,32)27-28-22(17-7-3-2-4-8-17)26-21(23(28)30)15-19-9-5-6-14-24-19/h2-15,27H,1H3,(H,25,29). The smallest absolute Gasteiger partial charge is 0.293 e. The first kappa shape index (κ1) is 22.1. The molecule has 0 saturated heterocycles. The van der Waals surface area contributed by atoms with Gasteiger partial charge in [-0.25, -0.2) is 18.4 Å². The van der Waals surface area contributed by atoms with Crippen LogP contribution in [0.5, 0.6) is 0 Å². The van der Waals surface area contributed by atoms with Gasteiger partial charge in [-0.15, -0.1) is 4.83 Å². The van der Waals surface area contributed by atoms with Crippen LogP contribution in [-0.4, -0.2) is 36.1 Å². The van der Waals surface area contributed by atoms with E-state index in [1.54, 1.807) is 54.7 Å². The molecule has 2 aromatic carbocycles. The van der Waals surface area contributed by atoms with Crippen LogP contribution in [0.3, 0.4) is 0 Å². The van der Waals surface area contributed by atoms with E-state index < -0.39 is 15.9 Å². The van der Waals surface area contributed by atoms with E-state index >= 15 is 0 Å². The Labute approximate surface area is 190 Å². The SMILES string of the molecule is CC(=O)Nc1ccc(S(=O)(=O)NN2C(=O)C(=Cc3ccccn3)N=C2c2ccccc2)cc1. The van der Waals surface area contributed by atoms with Crippen LogP contribution < -0.4 is 10.1 Å². The summed E-state index contributed by atoms with van der Waals surface area (Å²) in [6, 6.07) is 19.6. The van der Waals surface area contributed by atoms with E-state index in [2.05, 4.69) is 20.1 Å².